The van der Waals surface area contributed by atoms with Crippen molar-refractivity contribution in [2.75, 3.05) is 13.2 Å². The number of amides is 1. The van der Waals surface area contributed by atoms with Gasteiger partial charge in [0.05, 0.1) is 34.9 Å². The van der Waals surface area contributed by atoms with Gasteiger partial charge in [0.15, 0.2) is 0 Å². The lowest BCUT2D eigenvalue weighted by Crippen LogP contribution is -2.58. The van der Waals surface area contributed by atoms with Crippen LogP contribution in [0.1, 0.15) is 48.1 Å². The van der Waals surface area contributed by atoms with Gasteiger partial charge in [-0.25, -0.2) is 0 Å². The van der Waals surface area contributed by atoms with Crippen LogP contribution in [0, 0.1) is 0 Å². The van der Waals surface area contributed by atoms with E-state index in [1.54, 1.807) is 0 Å². The predicted molar refractivity (Wildman–Crippen MR) is 116 cm³/mol. The summed E-state index contributed by atoms with van der Waals surface area (Å²) in [6, 6.07) is 10.6. The van der Waals surface area contributed by atoms with Crippen LogP contribution in [0.3, 0.4) is 0 Å². The van der Waals surface area contributed by atoms with Crippen LogP contribution in [0.2, 0.25) is 0 Å². The molecule has 1 saturated heterocycles. The molecule has 0 aromatic heterocycles. The van der Waals surface area contributed by atoms with Crippen molar-refractivity contribution in [1.82, 2.24) is 10.6 Å². The van der Waals surface area contributed by atoms with Crippen molar-refractivity contribution in [1.29, 1.82) is 0 Å². The van der Waals surface area contributed by atoms with E-state index in [1.807, 2.05) is 42.5 Å². The minimum atomic E-state index is -4.94. The number of carbonyl (C=O) groups excluding carboxylic acids is 1. The normalized spacial score (nSPS) is 25.6. The number of halogens is 6. The Balaban J connectivity index is 1.62. The smallest absolute Gasteiger partial charge is 0.371 e. The van der Waals surface area contributed by atoms with Crippen LogP contribution < -0.4 is 10.6 Å². The summed E-state index contributed by atoms with van der Waals surface area (Å²) in [5.74, 6) is -0.0569. The summed E-state index contributed by atoms with van der Waals surface area (Å²) in [5, 5.41) is 6.34. The van der Waals surface area contributed by atoms with Gasteiger partial charge in [0.1, 0.15) is 0 Å². The van der Waals surface area contributed by atoms with Gasteiger partial charge in [-0.3, -0.25) is 10.1 Å². The SMILES string of the molecule is CC(OCC1(c2ccccc2)C=C[C@]2(CCC(=O)N2)CN1)c1cc(C(F)(F)F)cc(C(F)(F)F)c1. The summed E-state index contributed by atoms with van der Waals surface area (Å²) in [5.41, 5.74) is -3.61. The van der Waals surface area contributed by atoms with Gasteiger partial charge in [0, 0.05) is 13.0 Å². The van der Waals surface area contributed by atoms with Crippen molar-refractivity contribution < 1.29 is 35.9 Å². The van der Waals surface area contributed by atoms with E-state index in [4.69, 9.17) is 4.74 Å². The van der Waals surface area contributed by atoms with E-state index >= 15 is 0 Å². The molecule has 0 aliphatic carbocycles. The monoisotopic (exact) mass is 498 g/mol. The zero-order valence-corrected chi connectivity index (χ0v) is 18.8. The van der Waals surface area contributed by atoms with E-state index in [1.165, 1.54) is 6.92 Å². The van der Waals surface area contributed by atoms with Crippen molar-refractivity contribution in [3.8, 4) is 0 Å². The third-order valence-corrected chi connectivity index (χ3v) is 6.52. The lowest BCUT2D eigenvalue weighted by atomic mass is 9.82. The molecule has 4 nitrogen and oxygen atoms in total. The van der Waals surface area contributed by atoms with E-state index in [0.29, 0.717) is 31.5 Å². The van der Waals surface area contributed by atoms with Crippen molar-refractivity contribution in [3.63, 3.8) is 0 Å². The Bertz CT molecular complexity index is 1080. The zero-order valence-electron chi connectivity index (χ0n) is 18.8. The number of rotatable bonds is 5. The summed E-state index contributed by atoms with van der Waals surface area (Å²) >= 11 is 0. The molecule has 1 spiro atoms. The number of nitrogens with one attached hydrogen (secondary N) is 2. The zero-order chi connectivity index (χ0) is 25.5. The molecule has 1 fully saturated rings. The molecule has 35 heavy (non-hydrogen) atoms. The molecule has 4 rings (SSSR count). The Hall–Kier alpha value is -2.85. The second kappa shape index (κ2) is 8.98. The van der Waals surface area contributed by atoms with Gasteiger partial charge in [-0.15, -0.1) is 0 Å². The third kappa shape index (κ3) is 5.38. The maximum atomic E-state index is 13.3. The topological polar surface area (TPSA) is 50.4 Å². The summed E-state index contributed by atoms with van der Waals surface area (Å²) in [6.07, 6.45) is -6.18. The average Bonchev–Trinajstić information content (AvgIpc) is 3.18. The van der Waals surface area contributed by atoms with Crippen LogP contribution in [-0.2, 0) is 27.4 Å². The first kappa shape index (κ1) is 25.2. The first-order valence-corrected chi connectivity index (χ1v) is 11.0. The molecular weight excluding hydrogens is 474 g/mol. The predicted octanol–water partition coefficient (Wildman–Crippen LogP) is 5.51. The number of ether oxygens (including phenoxy) is 1. The fourth-order valence-electron chi connectivity index (χ4n) is 4.41. The maximum absolute atomic E-state index is 13.3. The molecule has 2 aromatic rings. The number of hydrogen-bond donors (Lipinski definition) is 2. The Morgan fingerprint density at radius 3 is 2.09 bits per heavy atom. The third-order valence-electron chi connectivity index (χ3n) is 6.52. The largest absolute Gasteiger partial charge is 0.416 e. The van der Waals surface area contributed by atoms with Crippen molar-refractivity contribution in [3.05, 3.63) is 82.9 Å². The van der Waals surface area contributed by atoms with E-state index in [0.717, 1.165) is 5.56 Å². The number of benzene rings is 2. The number of alkyl halides is 6. The van der Waals surface area contributed by atoms with Gasteiger partial charge in [-0.1, -0.05) is 42.5 Å². The van der Waals surface area contributed by atoms with Crippen LogP contribution >= 0.6 is 0 Å². The molecule has 0 bridgehead atoms. The van der Waals surface area contributed by atoms with E-state index in [-0.39, 0.29) is 24.1 Å². The maximum Gasteiger partial charge on any atom is 0.416 e. The Morgan fingerprint density at radius 2 is 1.60 bits per heavy atom. The van der Waals surface area contributed by atoms with E-state index in [2.05, 4.69) is 10.6 Å². The van der Waals surface area contributed by atoms with Gasteiger partial charge in [-0.2, -0.15) is 26.3 Å². The summed E-state index contributed by atoms with van der Waals surface area (Å²) < 4.78 is 85.5. The second-order valence-electron chi connectivity index (χ2n) is 9.02. The first-order chi connectivity index (χ1) is 16.3. The molecular formula is C25H24F6N2O2. The molecule has 1 amide bonds. The summed E-state index contributed by atoms with van der Waals surface area (Å²) in [7, 11) is 0. The van der Waals surface area contributed by atoms with Crippen LogP contribution in [0.4, 0.5) is 26.3 Å². The number of hydrogen-bond acceptors (Lipinski definition) is 3. The molecule has 2 aliphatic rings. The minimum Gasteiger partial charge on any atom is -0.371 e. The van der Waals surface area contributed by atoms with Crippen LogP contribution in [0.15, 0.2) is 60.7 Å². The lowest BCUT2D eigenvalue weighted by Gasteiger charge is -2.42. The van der Waals surface area contributed by atoms with E-state index in [9.17, 15) is 31.1 Å². The van der Waals surface area contributed by atoms with Gasteiger partial charge >= 0.3 is 12.4 Å². The molecule has 188 valence electrons. The second-order valence-corrected chi connectivity index (χ2v) is 9.02. The van der Waals surface area contributed by atoms with Gasteiger partial charge in [-0.05, 0) is 42.7 Å². The van der Waals surface area contributed by atoms with Crippen LogP contribution in [0.25, 0.3) is 0 Å². The van der Waals surface area contributed by atoms with Gasteiger partial charge in [0.2, 0.25) is 5.91 Å². The highest BCUT2D eigenvalue weighted by atomic mass is 19.4. The molecule has 2 unspecified atom stereocenters. The number of carbonyl (C=O) groups is 1. The quantitative estimate of drug-likeness (QED) is 0.423. The molecule has 3 atom stereocenters. The van der Waals surface area contributed by atoms with Crippen molar-refractivity contribution in [2.45, 2.75) is 49.3 Å². The summed E-state index contributed by atoms with van der Waals surface area (Å²) in [4.78, 5) is 11.8. The lowest BCUT2D eigenvalue weighted by molar-refractivity contribution is -0.143. The summed E-state index contributed by atoms with van der Waals surface area (Å²) in [6.45, 7) is 1.75. The molecule has 0 saturated carbocycles. The molecule has 2 heterocycles. The molecule has 2 aromatic carbocycles. The van der Waals surface area contributed by atoms with Gasteiger partial charge in [0.25, 0.3) is 0 Å². The Labute approximate surface area is 198 Å². The molecule has 2 N–H and O–H groups in total. The highest BCUT2D eigenvalue weighted by molar-refractivity contribution is 5.80. The van der Waals surface area contributed by atoms with Crippen molar-refractivity contribution >= 4 is 5.91 Å². The Morgan fingerprint density at radius 1 is 0.971 bits per heavy atom. The van der Waals surface area contributed by atoms with Gasteiger partial charge < -0.3 is 10.1 Å². The fraction of sp³-hybridized carbons (Fsp3) is 0.400. The molecule has 0 radical (unpaired) electrons. The average molecular weight is 498 g/mol. The standard InChI is InChI=1S/C25H24F6N2O2/c1-16(17-11-19(24(26,27)28)13-20(12-17)25(29,30)31)35-15-23(18-5-3-2-4-6-18)10-9-22(14-32-23)8-7-21(34)33-22/h2-6,9-13,16,32H,7-8,14-15H2,1H3,(H,33,34)/t16?,22-,23?/m1/s1. The highest BCUT2D eigenvalue weighted by Crippen LogP contribution is 2.39. The fourth-order valence-corrected chi connectivity index (χ4v) is 4.41. The Kier molecular flexibility index (Phi) is 6.48. The van der Waals surface area contributed by atoms with Crippen LogP contribution in [0.5, 0.6) is 0 Å². The first-order valence-electron chi connectivity index (χ1n) is 11.0. The van der Waals surface area contributed by atoms with Crippen molar-refractivity contribution in [2.24, 2.45) is 0 Å². The minimum absolute atomic E-state index is 0.0569. The van der Waals surface area contributed by atoms with Crippen LogP contribution in [-0.4, -0.2) is 24.6 Å². The molecule has 10 heteroatoms. The van der Waals surface area contributed by atoms with E-state index < -0.39 is 40.7 Å². The highest BCUT2D eigenvalue weighted by Gasteiger charge is 2.43. The molecule has 2 aliphatic heterocycles.